The van der Waals surface area contributed by atoms with Gasteiger partial charge in [-0.25, -0.2) is 4.39 Å². The number of hydrogen-bond acceptors (Lipinski definition) is 4. The van der Waals surface area contributed by atoms with Crippen LogP contribution >= 0.6 is 27.7 Å². The highest BCUT2D eigenvalue weighted by atomic mass is 79.9. The number of amides is 1. The van der Waals surface area contributed by atoms with Crippen LogP contribution in [0, 0.1) is 5.82 Å². The van der Waals surface area contributed by atoms with E-state index in [1.165, 1.54) is 23.9 Å². The Morgan fingerprint density at radius 2 is 1.88 bits per heavy atom. The second kappa shape index (κ2) is 8.60. The van der Waals surface area contributed by atoms with E-state index in [1.54, 1.807) is 23.2 Å². The maximum Gasteiger partial charge on any atom is 0.242 e. The van der Waals surface area contributed by atoms with Crippen LogP contribution in [0.2, 0.25) is 0 Å². The minimum atomic E-state index is -0.296. The van der Waals surface area contributed by atoms with Gasteiger partial charge in [-0.1, -0.05) is 58.9 Å². The lowest BCUT2D eigenvalue weighted by Gasteiger charge is -2.15. The molecule has 0 N–H and O–H groups in total. The van der Waals surface area contributed by atoms with Gasteiger partial charge in [0.15, 0.2) is 5.17 Å². The van der Waals surface area contributed by atoms with Crippen molar-refractivity contribution in [2.24, 2.45) is 10.2 Å². The van der Waals surface area contributed by atoms with E-state index < -0.39 is 0 Å². The molecule has 2 aromatic rings. The topological polar surface area (TPSA) is 45.0 Å². The minimum Gasteiger partial charge on any atom is -0.284 e. The SMILES string of the molecule is CC[C@H]1S/C(=N\N=C/c2ccc(Br)cc2)N(Cc2ccc(F)cc2)C1=O. The highest BCUT2D eigenvalue weighted by Crippen LogP contribution is 2.30. The molecule has 3 rings (SSSR count). The fraction of sp³-hybridized carbons (Fsp3) is 0.211. The van der Waals surface area contributed by atoms with Crippen molar-refractivity contribution in [1.82, 2.24) is 4.90 Å². The van der Waals surface area contributed by atoms with Gasteiger partial charge in [0, 0.05) is 4.47 Å². The zero-order valence-corrected chi connectivity index (χ0v) is 16.5. The summed E-state index contributed by atoms with van der Waals surface area (Å²) in [5.74, 6) is -0.283. The highest BCUT2D eigenvalue weighted by molar-refractivity contribution is 9.10. The third-order valence-corrected chi connectivity index (χ3v) is 5.73. The Hall–Kier alpha value is -1.99. The van der Waals surface area contributed by atoms with Crippen molar-refractivity contribution in [1.29, 1.82) is 0 Å². The smallest absolute Gasteiger partial charge is 0.242 e. The number of hydrogen-bond donors (Lipinski definition) is 0. The van der Waals surface area contributed by atoms with E-state index in [1.807, 2.05) is 31.2 Å². The average Bonchev–Trinajstić information content (AvgIpc) is 2.94. The number of carbonyl (C=O) groups excluding carboxylic acids is 1. The van der Waals surface area contributed by atoms with E-state index in [2.05, 4.69) is 26.1 Å². The first kappa shape index (κ1) is 18.8. The summed E-state index contributed by atoms with van der Waals surface area (Å²) in [4.78, 5) is 14.2. The van der Waals surface area contributed by atoms with Gasteiger partial charge < -0.3 is 0 Å². The first-order valence-electron chi connectivity index (χ1n) is 8.16. The van der Waals surface area contributed by atoms with E-state index in [0.29, 0.717) is 11.7 Å². The van der Waals surface area contributed by atoms with E-state index in [0.717, 1.165) is 22.0 Å². The molecule has 134 valence electrons. The van der Waals surface area contributed by atoms with Crippen molar-refractivity contribution in [3.05, 3.63) is 69.9 Å². The molecule has 0 aromatic heterocycles. The number of amidine groups is 1. The van der Waals surface area contributed by atoms with Crippen molar-refractivity contribution in [2.75, 3.05) is 0 Å². The van der Waals surface area contributed by atoms with Crippen LogP contribution in [0.5, 0.6) is 0 Å². The molecule has 0 aliphatic carbocycles. The number of carbonyl (C=O) groups is 1. The van der Waals surface area contributed by atoms with Gasteiger partial charge in [-0.15, -0.1) is 5.10 Å². The van der Waals surface area contributed by atoms with Gasteiger partial charge >= 0.3 is 0 Å². The molecule has 0 saturated carbocycles. The Labute approximate surface area is 164 Å². The molecule has 0 spiro atoms. The number of rotatable bonds is 5. The fourth-order valence-corrected chi connectivity index (χ4v) is 3.75. The quantitative estimate of drug-likeness (QED) is 0.500. The van der Waals surface area contributed by atoms with Crippen LogP contribution in [-0.2, 0) is 11.3 Å². The summed E-state index contributed by atoms with van der Waals surface area (Å²) in [6.45, 7) is 2.33. The maximum absolute atomic E-state index is 13.1. The van der Waals surface area contributed by atoms with Crippen molar-refractivity contribution < 1.29 is 9.18 Å². The molecule has 26 heavy (non-hydrogen) atoms. The average molecular weight is 434 g/mol. The predicted octanol–water partition coefficient (Wildman–Crippen LogP) is 4.83. The van der Waals surface area contributed by atoms with Gasteiger partial charge in [0.05, 0.1) is 18.0 Å². The number of nitrogens with zero attached hydrogens (tertiary/aromatic N) is 3. The summed E-state index contributed by atoms with van der Waals surface area (Å²) < 4.78 is 14.1. The summed E-state index contributed by atoms with van der Waals surface area (Å²) in [7, 11) is 0. The van der Waals surface area contributed by atoms with Crippen LogP contribution < -0.4 is 0 Å². The molecule has 2 aromatic carbocycles. The van der Waals surface area contributed by atoms with Crippen LogP contribution in [-0.4, -0.2) is 27.4 Å². The largest absolute Gasteiger partial charge is 0.284 e. The molecule has 1 heterocycles. The van der Waals surface area contributed by atoms with Crippen LogP contribution in [0.4, 0.5) is 4.39 Å². The van der Waals surface area contributed by atoms with Crippen molar-refractivity contribution >= 4 is 45.0 Å². The van der Waals surface area contributed by atoms with E-state index in [-0.39, 0.29) is 17.0 Å². The fourth-order valence-electron chi connectivity index (χ4n) is 2.46. The Kier molecular flexibility index (Phi) is 6.21. The molecule has 0 bridgehead atoms. The lowest BCUT2D eigenvalue weighted by Crippen LogP contribution is -2.31. The Morgan fingerprint density at radius 3 is 2.54 bits per heavy atom. The second-order valence-corrected chi connectivity index (χ2v) is 7.83. The predicted molar refractivity (Wildman–Crippen MR) is 108 cm³/mol. The summed E-state index contributed by atoms with van der Waals surface area (Å²) in [5, 5.41) is 8.80. The lowest BCUT2D eigenvalue weighted by molar-refractivity contribution is -0.126. The first-order valence-corrected chi connectivity index (χ1v) is 9.83. The summed E-state index contributed by atoms with van der Waals surface area (Å²) in [6.07, 6.45) is 2.37. The summed E-state index contributed by atoms with van der Waals surface area (Å²) in [6, 6.07) is 13.8. The minimum absolute atomic E-state index is 0.0133. The number of thioether (sulfide) groups is 1. The van der Waals surface area contributed by atoms with Crippen molar-refractivity contribution in [3.8, 4) is 0 Å². The maximum atomic E-state index is 13.1. The third kappa shape index (κ3) is 4.59. The molecule has 1 aliphatic rings. The molecular weight excluding hydrogens is 417 g/mol. The van der Waals surface area contributed by atoms with E-state index in [9.17, 15) is 9.18 Å². The molecule has 0 unspecified atom stereocenters. The monoisotopic (exact) mass is 433 g/mol. The van der Waals surface area contributed by atoms with Crippen LogP contribution in [0.25, 0.3) is 0 Å². The Morgan fingerprint density at radius 1 is 1.19 bits per heavy atom. The van der Waals surface area contributed by atoms with Gasteiger partial charge in [0.2, 0.25) is 5.91 Å². The zero-order valence-electron chi connectivity index (χ0n) is 14.1. The molecule has 1 saturated heterocycles. The van der Waals surface area contributed by atoms with Crippen molar-refractivity contribution in [2.45, 2.75) is 25.1 Å². The summed E-state index contributed by atoms with van der Waals surface area (Å²) >= 11 is 4.81. The Balaban J connectivity index is 1.78. The second-order valence-electron chi connectivity index (χ2n) is 5.74. The van der Waals surface area contributed by atoms with Gasteiger partial charge in [-0.2, -0.15) is 5.10 Å². The molecule has 0 radical (unpaired) electrons. The van der Waals surface area contributed by atoms with Gasteiger partial charge in [0.25, 0.3) is 0 Å². The standard InChI is InChI=1S/C19H17BrFN3OS/c1-2-17-18(25)24(12-14-5-9-16(21)10-6-14)19(26-17)23-22-11-13-3-7-15(20)8-4-13/h3-11,17H,2,12H2,1H3/b22-11-,23-19-/t17-/m1/s1. The molecule has 1 fully saturated rings. The molecule has 7 heteroatoms. The van der Waals surface area contributed by atoms with Crippen LogP contribution in [0.3, 0.4) is 0 Å². The first-order chi connectivity index (χ1) is 12.6. The highest BCUT2D eigenvalue weighted by Gasteiger charge is 2.36. The Bertz CT molecular complexity index is 837. The number of halogens is 2. The van der Waals surface area contributed by atoms with Gasteiger partial charge in [-0.05, 0) is 41.8 Å². The van der Waals surface area contributed by atoms with Crippen molar-refractivity contribution in [3.63, 3.8) is 0 Å². The molecule has 1 amide bonds. The van der Waals surface area contributed by atoms with Crippen LogP contribution in [0.15, 0.2) is 63.2 Å². The normalized spacial score (nSPS) is 19.0. The molecular formula is C19H17BrFN3OS. The molecule has 1 atom stereocenters. The molecule has 1 aliphatic heterocycles. The van der Waals surface area contributed by atoms with Gasteiger partial charge in [-0.3, -0.25) is 9.69 Å². The lowest BCUT2D eigenvalue weighted by atomic mass is 10.2. The summed E-state index contributed by atoms with van der Waals surface area (Å²) in [5.41, 5.74) is 1.77. The van der Waals surface area contributed by atoms with E-state index >= 15 is 0 Å². The van der Waals surface area contributed by atoms with Crippen LogP contribution in [0.1, 0.15) is 24.5 Å². The number of benzene rings is 2. The third-order valence-electron chi connectivity index (χ3n) is 3.86. The van der Waals surface area contributed by atoms with E-state index in [4.69, 9.17) is 0 Å². The molecule has 4 nitrogen and oxygen atoms in total. The zero-order chi connectivity index (χ0) is 18.5. The van der Waals surface area contributed by atoms with Gasteiger partial charge in [0.1, 0.15) is 5.82 Å².